The van der Waals surface area contributed by atoms with Gasteiger partial charge in [0.15, 0.2) is 12.6 Å². The van der Waals surface area contributed by atoms with Crippen molar-refractivity contribution in [2.75, 3.05) is 26.4 Å². The quantitative estimate of drug-likeness (QED) is 0.192. The number of pyridine rings is 2. The molecule has 2 aliphatic heterocycles. The predicted octanol–water partition coefficient (Wildman–Crippen LogP) is 8.45. The third kappa shape index (κ3) is 4.68. The van der Waals surface area contributed by atoms with E-state index in [1.54, 1.807) is 0 Å². The van der Waals surface area contributed by atoms with Gasteiger partial charge in [-0.05, 0) is 60.7 Å². The van der Waals surface area contributed by atoms with Gasteiger partial charge in [-0.3, -0.25) is 9.13 Å². The van der Waals surface area contributed by atoms with Crippen LogP contribution in [-0.2, 0) is 18.9 Å². The smallest absolute Gasteiger partial charge is 0.183 e. The average Bonchev–Trinajstić information content (AvgIpc) is 3.69. The third-order valence-corrected chi connectivity index (χ3v) is 9.88. The van der Waals surface area contributed by atoms with E-state index >= 15 is 0 Å². The molecule has 240 valence electrons. The van der Waals surface area contributed by atoms with Crippen molar-refractivity contribution >= 4 is 43.9 Å². The van der Waals surface area contributed by atoms with Gasteiger partial charge in [0.25, 0.3) is 0 Å². The number of ether oxygens (including phenoxy) is 4. The summed E-state index contributed by atoms with van der Waals surface area (Å²) in [5, 5.41) is 4.65. The Morgan fingerprint density at radius 3 is 1.27 bits per heavy atom. The lowest BCUT2D eigenvalue weighted by Gasteiger charge is -2.43. The lowest BCUT2D eigenvalue weighted by molar-refractivity contribution is -0.307. The zero-order valence-electron chi connectivity index (χ0n) is 26.6. The van der Waals surface area contributed by atoms with Crippen LogP contribution in [0.2, 0.25) is 0 Å². The van der Waals surface area contributed by atoms with Gasteiger partial charge in [0.2, 0.25) is 0 Å². The number of benzene rings is 4. The van der Waals surface area contributed by atoms with Gasteiger partial charge in [-0.1, -0.05) is 60.7 Å². The summed E-state index contributed by atoms with van der Waals surface area (Å²) in [7, 11) is 0. The monoisotopic (exact) mass is 644 g/mol. The Kier molecular flexibility index (Phi) is 6.63. The highest BCUT2D eigenvalue weighted by Gasteiger charge is 2.42. The molecule has 10 rings (SSSR count). The van der Waals surface area contributed by atoms with E-state index in [1.165, 1.54) is 10.8 Å². The molecule has 0 radical (unpaired) electrons. The number of para-hydroxylation sites is 2. The Hall–Kier alpha value is -5.38. The van der Waals surface area contributed by atoms with Crippen molar-refractivity contribution in [2.45, 2.75) is 12.6 Å². The van der Waals surface area contributed by atoms with E-state index in [4.69, 9.17) is 28.9 Å². The molecule has 0 bridgehead atoms. The van der Waals surface area contributed by atoms with Crippen LogP contribution in [0.1, 0.15) is 23.7 Å². The standard InChI is InChI=1S/C41H32N4O4/c1-3-11-35-31(7-1)33-9-5-21-42-37(33)44(35)29-17-13-27(14-18-29)39-46-23-41(24-47-39)25-48-40(49-26-41)28-15-19-30(20-16-28)45-36-12-4-2-8-32(36)34-10-6-22-43-38(34)45/h1-22,39-40H,23-26H2. The first-order valence-corrected chi connectivity index (χ1v) is 16.6. The Morgan fingerprint density at radius 1 is 0.449 bits per heavy atom. The number of aromatic nitrogens is 4. The molecule has 0 atom stereocenters. The van der Waals surface area contributed by atoms with Crippen molar-refractivity contribution in [2.24, 2.45) is 5.41 Å². The van der Waals surface area contributed by atoms with E-state index in [1.807, 2.05) is 24.5 Å². The van der Waals surface area contributed by atoms with E-state index in [0.717, 1.165) is 55.6 Å². The second-order valence-corrected chi connectivity index (χ2v) is 13.0. The minimum absolute atomic E-state index is 0.351. The van der Waals surface area contributed by atoms with E-state index < -0.39 is 12.6 Å². The summed E-state index contributed by atoms with van der Waals surface area (Å²) < 4.78 is 29.6. The summed E-state index contributed by atoms with van der Waals surface area (Å²) in [5.74, 6) is 0. The van der Waals surface area contributed by atoms with Crippen LogP contribution in [-0.4, -0.2) is 45.5 Å². The maximum atomic E-state index is 6.29. The lowest BCUT2D eigenvalue weighted by Crippen LogP contribution is -2.49. The van der Waals surface area contributed by atoms with Gasteiger partial charge >= 0.3 is 0 Å². The molecule has 0 N–H and O–H groups in total. The van der Waals surface area contributed by atoms with Crippen LogP contribution in [0.15, 0.2) is 134 Å². The first-order valence-electron chi connectivity index (χ1n) is 16.6. The zero-order chi connectivity index (χ0) is 32.4. The van der Waals surface area contributed by atoms with Crippen LogP contribution in [0.4, 0.5) is 0 Å². The summed E-state index contributed by atoms with van der Waals surface area (Å²) >= 11 is 0. The minimum atomic E-state index is -0.448. The highest BCUT2D eigenvalue weighted by molar-refractivity contribution is 6.08. The fraction of sp³-hybridized carbons (Fsp3) is 0.171. The van der Waals surface area contributed by atoms with Crippen LogP contribution in [0, 0.1) is 5.41 Å². The Morgan fingerprint density at radius 2 is 0.837 bits per heavy atom. The van der Waals surface area contributed by atoms with Gasteiger partial charge in [0, 0.05) is 56.4 Å². The molecule has 1 spiro atoms. The molecular formula is C41H32N4O4. The molecule has 0 unspecified atom stereocenters. The topological polar surface area (TPSA) is 72.6 Å². The minimum Gasteiger partial charge on any atom is -0.348 e. The van der Waals surface area contributed by atoms with Crippen molar-refractivity contribution in [3.8, 4) is 11.4 Å². The van der Waals surface area contributed by atoms with Crippen LogP contribution < -0.4 is 0 Å². The zero-order valence-corrected chi connectivity index (χ0v) is 26.6. The van der Waals surface area contributed by atoms with Gasteiger partial charge < -0.3 is 18.9 Å². The molecule has 4 aromatic heterocycles. The SMILES string of the molecule is c1ccc2c(c1)c1cccnc1n2-c1ccc(C2OCC3(CO2)COC(c2ccc(-n4c5ccccc5c5cccnc54)cc2)OC3)cc1. The number of fused-ring (bicyclic) bond motifs is 6. The number of nitrogens with zero attached hydrogens (tertiary/aromatic N) is 4. The Labute approximate surface area is 282 Å². The van der Waals surface area contributed by atoms with Gasteiger partial charge in [0.1, 0.15) is 11.3 Å². The molecule has 8 nitrogen and oxygen atoms in total. The normalized spacial score (nSPS) is 21.3. The second-order valence-electron chi connectivity index (χ2n) is 13.0. The molecule has 8 aromatic rings. The maximum Gasteiger partial charge on any atom is 0.183 e. The molecule has 8 heteroatoms. The second kappa shape index (κ2) is 11.4. The summed E-state index contributed by atoms with van der Waals surface area (Å²) in [5.41, 5.74) is 7.82. The first kappa shape index (κ1) is 28.6. The fourth-order valence-electron chi connectivity index (χ4n) is 7.42. The van der Waals surface area contributed by atoms with E-state index in [-0.39, 0.29) is 5.41 Å². The Balaban J connectivity index is 0.815. The molecule has 2 fully saturated rings. The number of hydrogen-bond acceptors (Lipinski definition) is 6. The van der Waals surface area contributed by atoms with Crippen molar-refractivity contribution in [1.29, 1.82) is 0 Å². The largest absolute Gasteiger partial charge is 0.348 e. The first-order chi connectivity index (χ1) is 24.2. The van der Waals surface area contributed by atoms with Gasteiger partial charge in [-0.25, -0.2) is 9.97 Å². The molecule has 6 heterocycles. The molecule has 0 amide bonds. The van der Waals surface area contributed by atoms with E-state index in [9.17, 15) is 0 Å². The third-order valence-electron chi connectivity index (χ3n) is 9.88. The van der Waals surface area contributed by atoms with Crippen molar-refractivity contribution in [1.82, 2.24) is 19.1 Å². The number of hydrogen-bond donors (Lipinski definition) is 0. The van der Waals surface area contributed by atoms with Gasteiger partial charge in [0.05, 0.1) is 42.9 Å². The Bertz CT molecular complexity index is 2180. The van der Waals surface area contributed by atoms with Crippen LogP contribution in [0.3, 0.4) is 0 Å². The molecule has 0 saturated carbocycles. The van der Waals surface area contributed by atoms with Gasteiger partial charge in [-0.2, -0.15) is 0 Å². The fourth-order valence-corrected chi connectivity index (χ4v) is 7.42. The molecule has 4 aromatic carbocycles. The van der Waals surface area contributed by atoms with Crippen molar-refractivity contribution in [3.63, 3.8) is 0 Å². The van der Waals surface area contributed by atoms with Crippen molar-refractivity contribution in [3.05, 3.63) is 145 Å². The van der Waals surface area contributed by atoms with Crippen LogP contribution >= 0.6 is 0 Å². The lowest BCUT2D eigenvalue weighted by atomic mass is 9.90. The molecule has 49 heavy (non-hydrogen) atoms. The summed E-state index contributed by atoms with van der Waals surface area (Å²) in [6, 6.07) is 41.8. The number of rotatable bonds is 4. The maximum absolute atomic E-state index is 6.29. The molecule has 2 saturated heterocycles. The summed E-state index contributed by atoms with van der Waals surface area (Å²) in [4.78, 5) is 9.40. The van der Waals surface area contributed by atoms with Gasteiger partial charge in [-0.15, -0.1) is 0 Å². The molecular weight excluding hydrogens is 612 g/mol. The highest BCUT2D eigenvalue weighted by atomic mass is 16.7. The van der Waals surface area contributed by atoms with Crippen molar-refractivity contribution < 1.29 is 18.9 Å². The average molecular weight is 645 g/mol. The van der Waals surface area contributed by atoms with E-state index in [0.29, 0.717) is 26.4 Å². The molecule has 2 aliphatic rings. The highest BCUT2D eigenvalue weighted by Crippen LogP contribution is 2.39. The van der Waals surface area contributed by atoms with Crippen LogP contribution in [0.5, 0.6) is 0 Å². The summed E-state index contributed by atoms with van der Waals surface area (Å²) in [6.45, 7) is 1.95. The van der Waals surface area contributed by atoms with E-state index in [2.05, 4.69) is 118 Å². The van der Waals surface area contributed by atoms with Crippen LogP contribution in [0.25, 0.3) is 55.2 Å². The summed E-state index contributed by atoms with van der Waals surface area (Å²) in [6.07, 6.45) is 2.79. The molecule has 0 aliphatic carbocycles. The predicted molar refractivity (Wildman–Crippen MR) is 189 cm³/mol.